The summed E-state index contributed by atoms with van der Waals surface area (Å²) < 4.78 is 0. The van der Waals surface area contributed by atoms with Gasteiger partial charge >= 0.3 is 0 Å². The minimum atomic E-state index is -0.432. The molecule has 0 aromatic heterocycles. The van der Waals surface area contributed by atoms with Gasteiger partial charge in [0.2, 0.25) is 5.91 Å². The molecule has 1 saturated heterocycles. The van der Waals surface area contributed by atoms with Gasteiger partial charge in [-0.15, -0.1) is 0 Å². The molecule has 2 aromatic carbocycles. The predicted molar refractivity (Wildman–Crippen MR) is 121 cm³/mol. The van der Waals surface area contributed by atoms with E-state index in [0.29, 0.717) is 0 Å². The molecule has 2 heterocycles. The molecular formula is C24H28ClN3O. The van der Waals surface area contributed by atoms with Crippen LogP contribution in [0.2, 0.25) is 5.02 Å². The van der Waals surface area contributed by atoms with E-state index >= 15 is 0 Å². The number of anilines is 2. The molecule has 2 aliphatic heterocycles. The largest absolute Gasteiger partial charge is 0.369 e. The van der Waals surface area contributed by atoms with E-state index in [2.05, 4.69) is 46.3 Å². The molecule has 4 nitrogen and oxygen atoms in total. The van der Waals surface area contributed by atoms with Gasteiger partial charge in [-0.25, -0.2) is 0 Å². The topological polar surface area (TPSA) is 35.6 Å². The number of rotatable bonds is 6. The van der Waals surface area contributed by atoms with Gasteiger partial charge in [-0.2, -0.15) is 0 Å². The molecule has 1 unspecified atom stereocenters. The number of amides is 1. The van der Waals surface area contributed by atoms with Crippen LogP contribution in [0.15, 0.2) is 60.7 Å². The Morgan fingerprint density at radius 1 is 1.07 bits per heavy atom. The molecule has 0 bridgehead atoms. The second-order valence-corrected chi connectivity index (χ2v) is 8.31. The number of carbonyl (C=O) groups excluding carboxylic acids is 1. The maximum atomic E-state index is 12.7. The molecule has 1 fully saturated rings. The third kappa shape index (κ3) is 4.05. The molecule has 4 rings (SSSR count). The first-order chi connectivity index (χ1) is 14.1. The quantitative estimate of drug-likeness (QED) is 0.702. The minimum absolute atomic E-state index is 0.126. The number of halogens is 1. The van der Waals surface area contributed by atoms with E-state index in [1.807, 2.05) is 36.4 Å². The summed E-state index contributed by atoms with van der Waals surface area (Å²) in [4.78, 5) is 17.5. The van der Waals surface area contributed by atoms with Crippen LogP contribution in [-0.2, 0) is 10.2 Å². The van der Waals surface area contributed by atoms with Crippen LogP contribution in [0.25, 0.3) is 0 Å². The lowest BCUT2D eigenvalue weighted by Crippen LogP contribution is -2.46. The molecule has 1 amide bonds. The summed E-state index contributed by atoms with van der Waals surface area (Å²) in [5, 5.41) is 3.84. The van der Waals surface area contributed by atoms with Crippen LogP contribution in [0, 0.1) is 0 Å². The Morgan fingerprint density at radius 3 is 2.62 bits per heavy atom. The predicted octanol–water partition coefficient (Wildman–Crippen LogP) is 4.71. The van der Waals surface area contributed by atoms with Crippen LogP contribution in [0.5, 0.6) is 0 Å². The zero-order valence-electron chi connectivity index (χ0n) is 16.9. The first-order valence-electron chi connectivity index (χ1n) is 10.4. The zero-order chi connectivity index (χ0) is 20.3. The fraction of sp³-hybridized carbons (Fsp3) is 0.375. The van der Waals surface area contributed by atoms with Crippen molar-refractivity contribution in [3.63, 3.8) is 0 Å². The van der Waals surface area contributed by atoms with Crippen LogP contribution in [0.3, 0.4) is 0 Å². The highest BCUT2D eigenvalue weighted by Gasteiger charge is 2.44. The van der Waals surface area contributed by atoms with Crippen molar-refractivity contribution in [2.24, 2.45) is 0 Å². The molecule has 0 saturated carbocycles. The van der Waals surface area contributed by atoms with E-state index in [9.17, 15) is 4.79 Å². The lowest BCUT2D eigenvalue weighted by molar-refractivity contribution is -0.120. The normalized spacial score (nSPS) is 22.1. The van der Waals surface area contributed by atoms with Crippen LogP contribution >= 0.6 is 11.6 Å². The Morgan fingerprint density at radius 2 is 1.86 bits per heavy atom. The maximum Gasteiger partial charge on any atom is 0.235 e. The summed E-state index contributed by atoms with van der Waals surface area (Å²) in [6, 6.07) is 16.2. The number of para-hydroxylation sites is 1. The maximum absolute atomic E-state index is 12.7. The SMILES string of the molecule is CCC1(C/C=C\CN2CCN(c3cccc(Cl)c3)CC2)C(=O)Nc2ccccc21. The summed E-state index contributed by atoms with van der Waals surface area (Å²) in [6.45, 7) is 7.08. The van der Waals surface area contributed by atoms with Gasteiger partial charge in [-0.1, -0.05) is 54.9 Å². The smallest absolute Gasteiger partial charge is 0.235 e. The van der Waals surface area contributed by atoms with Crippen molar-refractivity contribution < 1.29 is 4.79 Å². The zero-order valence-corrected chi connectivity index (χ0v) is 17.7. The lowest BCUT2D eigenvalue weighted by Gasteiger charge is -2.35. The average Bonchev–Trinajstić information content (AvgIpc) is 3.03. The van der Waals surface area contributed by atoms with Crippen LogP contribution in [0.1, 0.15) is 25.3 Å². The van der Waals surface area contributed by atoms with E-state index in [0.717, 1.165) is 61.8 Å². The highest BCUT2D eigenvalue weighted by molar-refractivity contribution is 6.30. The van der Waals surface area contributed by atoms with E-state index in [-0.39, 0.29) is 5.91 Å². The third-order valence-corrected chi connectivity index (χ3v) is 6.51. The molecule has 2 aromatic rings. The summed E-state index contributed by atoms with van der Waals surface area (Å²) in [5.41, 5.74) is 2.86. The Kier molecular flexibility index (Phi) is 5.93. The highest BCUT2D eigenvalue weighted by atomic mass is 35.5. The second-order valence-electron chi connectivity index (χ2n) is 7.88. The molecule has 0 spiro atoms. The third-order valence-electron chi connectivity index (χ3n) is 6.27. The van der Waals surface area contributed by atoms with Crippen LogP contribution in [0.4, 0.5) is 11.4 Å². The summed E-state index contributed by atoms with van der Waals surface area (Å²) in [6.07, 6.45) is 5.96. The molecule has 5 heteroatoms. The van der Waals surface area contributed by atoms with Crippen LogP contribution in [-0.4, -0.2) is 43.5 Å². The van der Waals surface area contributed by atoms with Gasteiger partial charge in [0.1, 0.15) is 0 Å². The van der Waals surface area contributed by atoms with E-state index in [1.165, 1.54) is 5.69 Å². The van der Waals surface area contributed by atoms with Gasteiger partial charge in [0.05, 0.1) is 5.41 Å². The lowest BCUT2D eigenvalue weighted by atomic mass is 9.76. The Hall–Kier alpha value is -2.30. The number of benzene rings is 2. The Labute approximate surface area is 178 Å². The average molecular weight is 410 g/mol. The fourth-order valence-corrected chi connectivity index (χ4v) is 4.63. The molecule has 29 heavy (non-hydrogen) atoms. The van der Waals surface area contributed by atoms with Crippen molar-refractivity contribution in [2.45, 2.75) is 25.2 Å². The van der Waals surface area contributed by atoms with E-state index in [4.69, 9.17) is 11.6 Å². The number of carbonyl (C=O) groups is 1. The molecule has 1 atom stereocenters. The molecule has 0 radical (unpaired) electrons. The molecule has 1 N–H and O–H groups in total. The Balaban J connectivity index is 1.32. The first-order valence-corrected chi connectivity index (χ1v) is 10.8. The second kappa shape index (κ2) is 8.60. The van der Waals surface area contributed by atoms with Crippen molar-refractivity contribution >= 4 is 28.9 Å². The van der Waals surface area contributed by atoms with Gasteiger partial charge in [-0.05, 0) is 42.7 Å². The summed E-state index contributed by atoms with van der Waals surface area (Å²) >= 11 is 6.12. The Bertz CT molecular complexity index is 905. The number of piperazine rings is 1. The van der Waals surface area contributed by atoms with E-state index in [1.54, 1.807) is 0 Å². The molecule has 0 aliphatic carbocycles. The number of hydrogen-bond acceptors (Lipinski definition) is 3. The van der Waals surface area contributed by atoms with Gasteiger partial charge < -0.3 is 10.2 Å². The molecule has 2 aliphatic rings. The monoisotopic (exact) mass is 409 g/mol. The minimum Gasteiger partial charge on any atom is -0.369 e. The van der Waals surface area contributed by atoms with Crippen molar-refractivity contribution in [2.75, 3.05) is 42.9 Å². The van der Waals surface area contributed by atoms with Crippen LogP contribution < -0.4 is 10.2 Å². The first kappa shape index (κ1) is 20.0. The van der Waals surface area contributed by atoms with E-state index < -0.39 is 5.41 Å². The molecular weight excluding hydrogens is 382 g/mol. The highest BCUT2D eigenvalue weighted by Crippen LogP contribution is 2.42. The van der Waals surface area contributed by atoms with Gasteiger partial charge in [0.25, 0.3) is 0 Å². The number of allylic oxidation sites excluding steroid dienone is 1. The van der Waals surface area contributed by atoms with Crippen molar-refractivity contribution in [3.8, 4) is 0 Å². The standard InChI is InChI=1S/C24H28ClN3O/c1-2-24(21-10-3-4-11-22(21)26-23(24)29)12-5-6-13-27-14-16-28(17-15-27)20-9-7-8-19(25)18-20/h3-11,18H,2,12-17H2,1H3,(H,26,29)/b6-5-. The van der Waals surface area contributed by atoms with Crippen molar-refractivity contribution in [1.82, 2.24) is 4.90 Å². The number of nitrogens with zero attached hydrogens (tertiary/aromatic N) is 2. The van der Waals surface area contributed by atoms with Gasteiger partial charge in [0.15, 0.2) is 0 Å². The number of hydrogen-bond donors (Lipinski definition) is 1. The number of fused-ring (bicyclic) bond motifs is 1. The van der Waals surface area contributed by atoms with Gasteiger partial charge in [0, 0.05) is 49.1 Å². The van der Waals surface area contributed by atoms with Crippen molar-refractivity contribution in [1.29, 1.82) is 0 Å². The van der Waals surface area contributed by atoms with Crippen molar-refractivity contribution in [3.05, 3.63) is 71.3 Å². The summed E-state index contributed by atoms with van der Waals surface area (Å²) in [5.74, 6) is 0.126. The fourth-order valence-electron chi connectivity index (χ4n) is 4.44. The summed E-state index contributed by atoms with van der Waals surface area (Å²) in [7, 11) is 0. The van der Waals surface area contributed by atoms with Gasteiger partial charge in [-0.3, -0.25) is 9.69 Å². The number of nitrogens with one attached hydrogen (secondary N) is 1. The molecule has 152 valence electrons.